The number of carbonyl (C=O) groups is 1. The summed E-state index contributed by atoms with van der Waals surface area (Å²) >= 11 is 0. The van der Waals surface area contributed by atoms with Crippen molar-refractivity contribution in [2.24, 2.45) is 5.92 Å². The summed E-state index contributed by atoms with van der Waals surface area (Å²) in [5.74, 6) is -4.12. The predicted octanol–water partition coefficient (Wildman–Crippen LogP) is 1.52. The molecule has 0 fully saturated rings. The Hall–Kier alpha value is -0.820. The van der Waals surface area contributed by atoms with Crippen LogP contribution in [0.1, 0.15) is 13.3 Å². The van der Waals surface area contributed by atoms with Crippen molar-refractivity contribution in [1.82, 2.24) is 9.80 Å². The molecule has 0 heterocycles. The molecular formula is C11H21F3N2O2. The Morgan fingerprint density at radius 3 is 2.17 bits per heavy atom. The lowest BCUT2D eigenvalue weighted by molar-refractivity contribution is -0.196. The summed E-state index contributed by atoms with van der Waals surface area (Å²) in [6.07, 6.45) is -3.98. The van der Waals surface area contributed by atoms with Crippen LogP contribution in [0.5, 0.6) is 0 Å². The maximum atomic E-state index is 12.5. The Morgan fingerprint density at radius 2 is 1.83 bits per heavy atom. The van der Waals surface area contributed by atoms with E-state index < -0.39 is 24.6 Å². The van der Waals surface area contributed by atoms with Crippen molar-refractivity contribution >= 4 is 5.97 Å². The molecule has 18 heavy (non-hydrogen) atoms. The molecule has 0 aliphatic heterocycles. The van der Waals surface area contributed by atoms with Gasteiger partial charge in [-0.2, -0.15) is 13.2 Å². The van der Waals surface area contributed by atoms with Crippen LogP contribution in [0.15, 0.2) is 0 Å². The van der Waals surface area contributed by atoms with E-state index in [4.69, 9.17) is 5.11 Å². The summed E-state index contributed by atoms with van der Waals surface area (Å²) in [6.45, 7) is 2.88. The maximum absolute atomic E-state index is 12.5. The molecule has 0 aromatic rings. The van der Waals surface area contributed by atoms with Crippen molar-refractivity contribution in [3.63, 3.8) is 0 Å². The van der Waals surface area contributed by atoms with Gasteiger partial charge in [-0.05, 0) is 40.2 Å². The second-order valence-electron chi connectivity index (χ2n) is 4.48. The summed E-state index contributed by atoms with van der Waals surface area (Å²) in [5.41, 5.74) is 0. The minimum absolute atomic E-state index is 0.410. The fraction of sp³-hybridized carbons (Fsp3) is 0.909. The Balaban J connectivity index is 4.35. The number of aliphatic carboxylic acids is 1. The molecule has 108 valence electrons. The number of hydrogen-bond donors (Lipinski definition) is 1. The third kappa shape index (κ3) is 6.80. The van der Waals surface area contributed by atoms with Gasteiger partial charge in [0.1, 0.15) is 0 Å². The summed E-state index contributed by atoms with van der Waals surface area (Å²) in [5, 5.41) is 8.61. The van der Waals surface area contributed by atoms with Crippen LogP contribution < -0.4 is 0 Å². The zero-order valence-corrected chi connectivity index (χ0v) is 11.0. The Morgan fingerprint density at radius 1 is 1.28 bits per heavy atom. The molecule has 0 spiro atoms. The van der Waals surface area contributed by atoms with Crippen LogP contribution in [0, 0.1) is 5.92 Å². The molecule has 1 N–H and O–H groups in total. The van der Waals surface area contributed by atoms with Crippen molar-refractivity contribution in [3.05, 3.63) is 0 Å². The van der Waals surface area contributed by atoms with Gasteiger partial charge >= 0.3 is 12.1 Å². The number of carboxylic acids is 1. The number of alkyl halides is 3. The van der Waals surface area contributed by atoms with E-state index in [-0.39, 0.29) is 0 Å². The number of hydrogen-bond acceptors (Lipinski definition) is 3. The number of halogens is 3. The van der Waals surface area contributed by atoms with E-state index in [0.717, 1.165) is 6.54 Å². The van der Waals surface area contributed by atoms with Crippen molar-refractivity contribution in [1.29, 1.82) is 0 Å². The molecule has 0 rings (SSSR count). The van der Waals surface area contributed by atoms with Crippen molar-refractivity contribution in [2.45, 2.75) is 19.5 Å². The zero-order chi connectivity index (χ0) is 14.3. The fourth-order valence-electron chi connectivity index (χ4n) is 1.57. The first-order valence-corrected chi connectivity index (χ1v) is 5.85. The highest BCUT2D eigenvalue weighted by molar-refractivity contribution is 5.71. The summed E-state index contributed by atoms with van der Waals surface area (Å²) in [4.78, 5) is 14.1. The quantitative estimate of drug-likeness (QED) is 0.726. The Kier molecular flexibility index (Phi) is 7.23. The van der Waals surface area contributed by atoms with E-state index in [1.807, 2.05) is 19.0 Å². The normalized spacial score (nSPS) is 14.2. The van der Waals surface area contributed by atoms with Gasteiger partial charge in [-0.15, -0.1) is 0 Å². The van der Waals surface area contributed by atoms with Gasteiger partial charge in [0, 0.05) is 6.54 Å². The van der Waals surface area contributed by atoms with E-state index in [1.165, 1.54) is 4.90 Å². The molecule has 1 atom stereocenters. The fourth-order valence-corrected chi connectivity index (χ4v) is 1.57. The molecule has 0 saturated heterocycles. The topological polar surface area (TPSA) is 43.8 Å². The predicted molar refractivity (Wildman–Crippen MR) is 62.5 cm³/mol. The minimum atomic E-state index is -4.69. The molecule has 0 radical (unpaired) electrons. The highest BCUT2D eigenvalue weighted by atomic mass is 19.4. The van der Waals surface area contributed by atoms with Gasteiger partial charge in [0.2, 0.25) is 0 Å². The van der Waals surface area contributed by atoms with Gasteiger partial charge in [0.15, 0.2) is 5.92 Å². The third-order valence-corrected chi connectivity index (χ3v) is 2.66. The van der Waals surface area contributed by atoms with Gasteiger partial charge in [0.25, 0.3) is 0 Å². The first kappa shape index (κ1) is 17.2. The molecule has 0 bridgehead atoms. The first-order chi connectivity index (χ1) is 8.18. The summed E-state index contributed by atoms with van der Waals surface area (Å²) in [6, 6.07) is 0. The Labute approximate surface area is 105 Å². The zero-order valence-electron chi connectivity index (χ0n) is 11.0. The monoisotopic (exact) mass is 270 g/mol. The molecule has 1 unspecified atom stereocenters. The third-order valence-electron chi connectivity index (χ3n) is 2.66. The van der Waals surface area contributed by atoms with Crippen LogP contribution in [0.25, 0.3) is 0 Å². The average Bonchev–Trinajstić information content (AvgIpc) is 2.20. The van der Waals surface area contributed by atoms with Crippen LogP contribution in [0.3, 0.4) is 0 Å². The average molecular weight is 270 g/mol. The number of carboxylic acid groups (broad SMARTS) is 1. The molecule has 0 amide bonds. The van der Waals surface area contributed by atoms with E-state index in [2.05, 4.69) is 0 Å². The van der Waals surface area contributed by atoms with Crippen LogP contribution >= 0.6 is 0 Å². The Bertz CT molecular complexity index is 257. The number of nitrogens with zero attached hydrogens (tertiary/aromatic N) is 2. The van der Waals surface area contributed by atoms with E-state index in [1.54, 1.807) is 6.92 Å². The smallest absolute Gasteiger partial charge is 0.403 e. The minimum Gasteiger partial charge on any atom is -0.481 e. The van der Waals surface area contributed by atoms with E-state index in [0.29, 0.717) is 19.5 Å². The van der Waals surface area contributed by atoms with Gasteiger partial charge in [0.05, 0.1) is 0 Å². The summed E-state index contributed by atoms with van der Waals surface area (Å²) < 4.78 is 37.5. The first-order valence-electron chi connectivity index (χ1n) is 5.85. The molecular weight excluding hydrogens is 249 g/mol. The molecule has 7 heteroatoms. The van der Waals surface area contributed by atoms with E-state index >= 15 is 0 Å². The second kappa shape index (κ2) is 7.58. The second-order valence-corrected chi connectivity index (χ2v) is 4.48. The van der Waals surface area contributed by atoms with Crippen LogP contribution in [-0.2, 0) is 4.79 Å². The molecule has 0 aromatic carbocycles. The SMILES string of the molecule is CCN(CCCN(C)C)CC(C(=O)O)C(F)(F)F. The van der Waals surface area contributed by atoms with Gasteiger partial charge in [-0.3, -0.25) is 4.79 Å². The lowest BCUT2D eigenvalue weighted by Crippen LogP contribution is -2.42. The lowest BCUT2D eigenvalue weighted by Gasteiger charge is -2.26. The van der Waals surface area contributed by atoms with Crippen molar-refractivity contribution < 1.29 is 23.1 Å². The van der Waals surface area contributed by atoms with Crippen molar-refractivity contribution in [2.75, 3.05) is 40.3 Å². The van der Waals surface area contributed by atoms with Crippen molar-refractivity contribution in [3.8, 4) is 0 Å². The molecule has 0 aliphatic rings. The van der Waals surface area contributed by atoms with E-state index in [9.17, 15) is 18.0 Å². The standard InChI is InChI=1S/C11H21F3N2O2/c1-4-16(7-5-6-15(2)3)8-9(10(17)18)11(12,13)14/h9H,4-8H2,1-3H3,(H,17,18). The largest absolute Gasteiger partial charge is 0.481 e. The lowest BCUT2D eigenvalue weighted by atomic mass is 10.1. The van der Waals surface area contributed by atoms with Gasteiger partial charge < -0.3 is 14.9 Å². The summed E-state index contributed by atoms with van der Waals surface area (Å²) in [7, 11) is 3.76. The molecule has 0 saturated carbocycles. The van der Waals surface area contributed by atoms with Crippen LogP contribution in [0.2, 0.25) is 0 Å². The molecule has 0 aromatic heterocycles. The maximum Gasteiger partial charge on any atom is 0.403 e. The number of rotatable bonds is 8. The highest BCUT2D eigenvalue weighted by Gasteiger charge is 2.45. The van der Waals surface area contributed by atoms with Gasteiger partial charge in [-0.1, -0.05) is 6.92 Å². The van der Waals surface area contributed by atoms with Crippen LogP contribution in [0.4, 0.5) is 13.2 Å². The molecule has 0 aliphatic carbocycles. The van der Waals surface area contributed by atoms with Crippen LogP contribution in [-0.4, -0.2) is 67.3 Å². The highest BCUT2D eigenvalue weighted by Crippen LogP contribution is 2.27. The molecule has 4 nitrogen and oxygen atoms in total. The van der Waals surface area contributed by atoms with Gasteiger partial charge in [-0.25, -0.2) is 0 Å².